The van der Waals surface area contributed by atoms with E-state index in [2.05, 4.69) is 4.90 Å². The third-order valence-corrected chi connectivity index (χ3v) is 7.51. The van der Waals surface area contributed by atoms with E-state index in [-0.39, 0.29) is 42.7 Å². The molecule has 0 spiro atoms. The summed E-state index contributed by atoms with van der Waals surface area (Å²) in [6, 6.07) is 26.6. The van der Waals surface area contributed by atoms with Crippen molar-refractivity contribution in [1.29, 1.82) is 10.8 Å². The summed E-state index contributed by atoms with van der Waals surface area (Å²) in [6.07, 6.45) is 1.83. The molecule has 4 N–H and O–H groups in total. The molecule has 0 bridgehead atoms. The van der Waals surface area contributed by atoms with Crippen LogP contribution in [0.4, 0.5) is 5.69 Å². The average Bonchev–Trinajstić information content (AvgIpc) is 3.00. The molecular formula is C33H37Cl2N5O3. The van der Waals surface area contributed by atoms with Crippen LogP contribution in [0.15, 0.2) is 84.9 Å². The first-order chi connectivity index (χ1) is 19.8. The van der Waals surface area contributed by atoms with Crippen molar-refractivity contribution < 1.29 is 14.3 Å². The minimum absolute atomic E-state index is 0. The van der Waals surface area contributed by atoms with Gasteiger partial charge in [-0.2, -0.15) is 0 Å². The first-order valence-corrected chi connectivity index (χ1v) is 13.7. The summed E-state index contributed by atoms with van der Waals surface area (Å²) in [4.78, 5) is 17.8. The summed E-state index contributed by atoms with van der Waals surface area (Å²) in [6.45, 7) is 3.79. The number of benzene rings is 4. The molecule has 1 aliphatic rings. The molecule has 4 aromatic rings. The van der Waals surface area contributed by atoms with Gasteiger partial charge in [-0.25, -0.2) is 0 Å². The van der Waals surface area contributed by atoms with Crippen LogP contribution in [-0.4, -0.2) is 48.8 Å². The highest BCUT2D eigenvalue weighted by Gasteiger charge is 2.23. The van der Waals surface area contributed by atoms with Crippen LogP contribution >= 0.6 is 24.8 Å². The molecule has 0 atom stereocenters. The SMILES string of the molecule is COc1ccccc1C(=O)N(Cc1ccc2ccc(C(=N)N)cc2c1)c1ccc(OC2CCN(C(C)=N)CC2)cc1.Cl.Cl. The van der Waals surface area contributed by atoms with E-state index in [1.54, 1.807) is 24.1 Å². The van der Waals surface area contributed by atoms with Gasteiger partial charge in [0.25, 0.3) is 5.91 Å². The van der Waals surface area contributed by atoms with Crippen molar-refractivity contribution in [3.8, 4) is 11.5 Å². The van der Waals surface area contributed by atoms with Gasteiger partial charge in [-0.3, -0.25) is 15.6 Å². The standard InChI is InChI=1S/C33H35N5O3.2ClH/c1-22(34)37-17-15-29(16-18-37)41-28-13-11-27(12-14-28)38(33(39)30-5-3-4-6-31(30)40-2)21-23-7-8-24-9-10-25(32(35)36)20-26(24)19-23;;/h3-14,19-20,29,34H,15-18,21H2,1-2H3,(H3,35,36);2*1H. The Bertz CT molecular complexity index is 1590. The van der Waals surface area contributed by atoms with Crippen molar-refractivity contribution in [2.24, 2.45) is 5.73 Å². The molecule has 4 aromatic carbocycles. The number of ether oxygens (including phenoxy) is 2. The van der Waals surface area contributed by atoms with Crippen LogP contribution in [0, 0.1) is 10.8 Å². The van der Waals surface area contributed by atoms with E-state index in [9.17, 15) is 4.79 Å². The Kier molecular flexibility index (Phi) is 11.4. The number of nitrogens with zero attached hydrogens (tertiary/aromatic N) is 2. The number of nitrogens with two attached hydrogens (primary N) is 1. The van der Waals surface area contributed by atoms with Crippen molar-refractivity contribution in [1.82, 2.24) is 4.90 Å². The van der Waals surface area contributed by atoms with E-state index in [0.717, 1.165) is 53.7 Å². The molecule has 226 valence electrons. The lowest BCUT2D eigenvalue weighted by Gasteiger charge is -2.33. The van der Waals surface area contributed by atoms with Crippen LogP contribution in [0.5, 0.6) is 11.5 Å². The zero-order valence-corrected chi connectivity index (χ0v) is 25.8. The van der Waals surface area contributed by atoms with Gasteiger partial charge < -0.3 is 25.0 Å². The fraction of sp³-hybridized carbons (Fsp3) is 0.242. The van der Waals surface area contributed by atoms with E-state index in [4.69, 9.17) is 26.0 Å². The molecular weight excluding hydrogens is 585 g/mol. The lowest BCUT2D eigenvalue weighted by molar-refractivity contribution is 0.0982. The smallest absolute Gasteiger partial charge is 0.262 e. The van der Waals surface area contributed by atoms with Crippen molar-refractivity contribution in [3.05, 3.63) is 102 Å². The summed E-state index contributed by atoms with van der Waals surface area (Å²) in [5.41, 5.74) is 8.53. The van der Waals surface area contributed by atoms with Crippen molar-refractivity contribution >= 4 is 58.9 Å². The second-order valence-electron chi connectivity index (χ2n) is 10.3. The van der Waals surface area contributed by atoms with Gasteiger partial charge in [-0.1, -0.05) is 36.4 Å². The molecule has 5 rings (SSSR count). The zero-order chi connectivity index (χ0) is 28.9. The summed E-state index contributed by atoms with van der Waals surface area (Å²) < 4.78 is 11.8. The van der Waals surface area contributed by atoms with E-state index in [0.29, 0.717) is 29.3 Å². The lowest BCUT2D eigenvalue weighted by Crippen LogP contribution is -2.40. The first kappa shape index (κ1) is 33.2. The predicted molar refractivity (Wildman–Crippen MR) is 178 cm³/mol. The number of fused-ring (bicyclic) bond motifs is 1. The van der Waals surface area contributed by atoms with Crippen LogP contribution in [0.3, 0.4) is 0 Å². The fourth-order valence-corrected chi connectivity index (χ4v) is 5.20. The Morgan fingerprint density at radius 3 is 2.26 bits per heavy atom. The maximum Gasteiger partial charge on any atom is 0.262 e. The molecule has 0 aromatic heterocycles. The largest absolute Gasteiger partial charge is 0.496 e. The third-order valence-electron chi connectivity index (χ3n) is 7.51. The Balaban J connectivity index is 0.00000253. The van der Waals surface area contributed by atoms with Crippen LogP contribution < -0.4 is 20.1 Å². The van der Waals surface area contributed by atoms with Crippen molar-refractivity contribution in [2.45, 2.75) is 32.4 Å². The maximum absolute atomic E-state index is 14.0. The zero-order valence-electron chi connectivity index (χ0n) is 24.2. The number of hydrogen-bond acceptors (Lipinski definition) is 5. The number of likely N-dealkylation sites (tertiary alicyclic amines) is 1. The van der Waals surface area contributed by atoms with E-state index < -0.39 is 0 Å². The van der Waals surface area contributed by atoms with Gasteiger partial charge in [-0.15, -0.1) is 24.8 Å². The molecule has 1 saturated heterocycles. The van der Waals surface area contributed by atoms with Crippen LogP contribution in [0.25, 0.3) is 10.8 Å². The number of nitrogens with one attached hydrogen (secondary N) is 2. The van der Waals surface area contributed by atoms with Crippen LogP contribution in [0.1, 0.15) is 41.3 Å². The predicted octanol–water partition coefficient (Wildman–Crippen LogP) is 6.66. The Hall–Kier alpha value is -4.27. The van der Waals surface area contributed by atoms with Crippen LogP contribution in [-0.2, 0) is 6.54 Å². The third kappa shape index (κ3) is 7.77. The van der Waals surface area contributed by atoms with Gasteiger partial charge >= 0.3 is 0 Å². The van der Waals surface area contributed by atoms with Crippen molar-refractivity contribution in [3.63, 3.8) is 0 Å². The number of amides is 1. The first-order valence-electron chi connectivity index (χ1n) is 13.7. The monoisotopic (exact) mass is 621 g/mol. The van der Waals surface area contributed by atoms with E-state index in [1.807, 2.05) is 79.7 Å². The molecule has 1 fully saturated rings. The molecule has 0 aliphatic carbocycles. The maximum atomic E-state index is 14.0. The summed E-state index contributed by atoms with van der Waals surface area (Å²) >= 11 is 0. The number of nitrogen functional groups attached to an aromatic ring is 1. The van der Waals surface area contributed by atoms with Gasteiger partial charge in [0.05, 0.1) is 25.1 Å². The molecule has 0 unspecified atom stereocenters. The molecule has 0 radical (unpaired) electrons. The van der Waals surface area contributed by atoms with Gasteiger partial charge in [0.1, 0.15) is 23.4 Å². The molecule has 0 saturated carbocycles. The average molecular weight is 623 g/mol. The summed E-state index contributed by atoms with van der Waals surface area (Å²) in [5, 5.41) is 17.6. The number of rotatable bonds is 8. The van der Waals surface area contributed by atoms with Crippen molar-refractivity contribution in [2.75, 3.05) is 25.1 Å². The van der Waals surface area contributed by atoms with Gasteiger partial charge in [0.15, 0.2) is 0 Å². The molecule has 1 heterocycles. The number of carbonyl (C=O) groups is 1. The topological polar surface area (TPSA) is 116 Å². The number of halogens is 2. The number of piperidine rings is 1. The minimum Gasteiger partial charge on any atom is -0.496 e. The second kappa shape index (κ2) is 14.8. The van der Waals surface area contributed by atoms with Gasteiger partial charge in [0, 0.05) is 37.2 Å². The highest BCUT2D eigenvalue weighted by molar-refractivity contribution is 6.08. The number of carbonyl (C=O) groups excluding carboxylic acids is 1. The molecule has 43 heavy (non-hydrogen) atoms. The molecule has 10 heteroatoms. The Morgan fingerprint density at radius 1 is 0.930 bits per heavy atom. The van der Waals surface area contributed by atoms with Gasteiger partial charge in [0.2, 0.25) is 0 Å². The van der Waals surface area contributed by atoms with Crippen LogP contribution in [0.2, 0.25) is 0 Å². The van der Waals surface area contributed by atoms with Gasteiger partial charge in [-0.05, 0) is 71.8 Å². The number of para-hydroxylation sites is 1. The highest BCUT2D eigenvalue weighted by Crippen LogP contribution is 2.29. The number of amidine groups is 2. The van der Waals surface area contributed by atoms with E-state index >= 15 is 0 Å². The lowest BCUT2D eigenvalue weighted by atomic mass is 10.0. The quantitative estimate of drug-likeness (QED) is 0.150. The number of methoxy groups -OCH3 is 1. The minimum atomic E-state index is -0.178. The number of anilines is 1. The summed E-state index contributed by atoms with van der Waals surface area (Å²) in [5.74, 6) is 1.70. The second-order valence-corrected chi connectivity index (χ2v) is 10.3. The molecule has 1 aliphatic heterocycles. The Labute approximate surface area is 264 Å². The van der Waals surface area contributed by atoms with E-state index in [1.165, 1.54) is 0 Å². The molecule has 8 nitrogen and oxygen atoms in total. The highest BCUT2D eigenvalue weighted by atomic mass is 35.5. The fourth-order valence-electron chi connectivity index (χ4n) is 5.20. The molecule has 1 amide bonds. The Morgan fingerprint density at radius 2 is 1.60 bits per heavy atom. The number of hydrogen-bond donors (Lipinski definition) is 3. The summed E-state index contributed by atoms with van der Waals surface area (Å²) in [7, 11) is 1.56. The normalized spacial score (nSPS) is 12.9.